The Morgan fingerprint density at radius 2 is 2.14 bits per heavy atom. The zero-order valence-corrected chi connectivity index (χ0v) is 13.3. The van der Waals surface area contributed by atoms with E-state index >= 15 is 0 Å². The van der Waals surface area contributed by atoms with Crippen molar-refractivity contribution in [2.24, 2.45) is 5.73 Å². The molecule has 4 heteroatoms. The van der Waals surface area contributed by atoms with Crippen molar-refractivity contribution in [2.75, 3.05) is 26.8 Å². The molecule has 0 spiro atoms. The highest BCUT2D eigenvalue weighted by molar-refractivity contribution is 5.96. The predicted octanol–water partition coefficient (Wildman–Crippen LogP) is 1.80. The van der Waals surface area contributed by atoms with E-state index in [1.165, 1.54) is 0 Å². The summed E-state index contributed by atoms with van der Waals surface area (Å²) in [5.74, 6) is 5.85. The van der Waals surface area contributed by atoms with Crippen molar-refractivity contribution >= 4 is 5.91 Å². The molecule has 0 aliphatic rings. The molecule has 0 saturated carbocycles. The molecule has 2 N–H and O–H groups in total. The van der Waals surface area contributed by atoms with Crippen molar-refractivity contribution in [3.8, 4) is 11.8 Å². The zero-order valence-electron chi connectivity index (χ0n) is 13.3. The molecular formula is C17H24N2O2. The topological polar surface area (TPSA) is 55.6 Å². The monoisotopic (exact) mass is 288 g/mol. The number of benzene rings is 1. The van der Waals surface area contributed by atoms with Gasteiger partial charge in [-0.25, -0.2) is 0 Å². The molecule has 0 aromatic heterocycles. The van der Waals surface area contributed by atoms with Crippen LogP contribution < -0.4 is 5.73 Å². The Hall–Kier alpha value is -1.83. The Bertz CT molecular complexity index is 541. The predicted molar refractivity (Wildman–Crippen MR) is 85.2 cm³/mol. The first-order valence-corrected chi connectivity index (χ1v) is 7.11. The molecular weight excluding hydrogens is 264 g/mol. The van der Waals surface area contributed by atoms with Gasteiger partial charge in [-0.3, -0.25) is 4.79 Å². The number of ether oxygens (including phenoxy) is 1. The summed E-state index contributed by atoms with van der Waals surface area (Å²) in [6, 6.07) is 5.72. The number of carbonyl (C=O) groups excluding carboxylic acids is 1. The van der Waals surface area contributed by atoms with Crippen molar-refractivity contribution in [1.29, 1.82) is 0 Å². The lowest BCUT2D eigenvalue weighted by Gasteiger charge is -2.27. The lowest BCUT2D eigenvalue weighted by atomic mass is 10.0. The number of rotatable bonds is 5. The second kappa shape index (κ2) is 8.46. The van der Waals surface area contributed by atoms with Gasteiger partial charge in [0.2, 0.25) is 0 Å². The normalized spacial score (nSPS) is 10.2. The fraction of sp³-hybridized carbons (Fsp3) is 0.471. The standard InChI is InChI=1S/C17H24N2O2/c1-13(2)19(11-12-21-4)17(20)16-9-5-7-15(14(16)3)8-6-10-18/h5,7,9,13H,10-12,18H2,1-4H3. The average molecular weight is 288 g/mol. The van der Waals surface area contributed by atoms with Gasteiger partial charge in [0, 0.05) is 30.8 Å². The van der Waals surface area contributed by atoms with Crippen molar-refractivity contribution in [1.82, 2.24) is 4.90 Å². The number of carbonyl (C=O) groups is 1. The van der Waals surface area contributed by atoms with Crippen LogP contribution in [0.25, 0.3) is 0 Å². The van der Waals surface area contributed by atoms with Crippen molar-refractivity contribution in [3.05, 3.63) is 34.9 Å². The van der Waals surface area contributed by atoms with Crippen LogP contribution in [0.4, 0.5) is 0 Å². The first kappa shape index (κ1) is 17.2. The maximum Gasteiger partial charge on any atom is 0.254 e. The van der Waals surface area contributed by atoms with Gasteiger partial charge < -0.3 is 15.4 Å². The molecule has 0 atom stereocenters. The Morgan fingerprint density at radius 1 is 1.43 bits per heavy atom. The third-order valence-corrected chi connectivity index (χ3v) is 3.31. The van der Waals surface area contributed by atoms with E-state index in [0.29, 0.717) is 25.3 Å². The first-order chi connectivity index (χ1) is 10.0. The quantitative estimate of drug-likeness (QED) is 0.841. The molecule has 0 saturated heterocycles. The molecule has 0 heterocycles. The van der Waals surface area contributed by atoms with Gasteiger partial charge in [0.15, 0.2) is 0 Å². The largest absolute Gasteiger partial charge is 0.383 e. The summed E-state index contributed by atoms with van der Waals surface area (Å²) in [6.45, 7) is 7.33. The molecule has 0 aliphatic heterocycles. The number of amides is 1. The highest BCUT2D eigenvalue weighted by atomic mass is 16.5. The van der Waals surface area contributed by atoms with E-state index in [4.69, 9.17) is 10.5 Å². The molecule has 1 amide bonds. The van der Waals surface area contributed by atoms with Crippen molar-refractivity contribution < 1.29 is 9.53 Å². The molecule has 4 nitrogen and oxygen atoms in total. The number of nitrogens with zero attached hydrogens (tertiary/aromatic N) is 1. The summed E-state index contributed by atoms with van der Waals surface area (Å²) in [7, 11) is 1.64. The van der Waals surface area contributed by atoms with E-state index in [-0.39, 0.29) is 11.9 Å². The molecule has 0 bridgehead atoms. The summed E-state index contributed by atoms with van der Waals surface area (Å²) in [5.41, 5.74) is 7.83. The van der Waals surface area contributed by atoms with Gasteiger partial charge in [-0.15, -0.1) is 0 Å². The van der Waals surface area contributed by atoms with Crippen LogP contribution in [0.1, 0.15) is 35.3 Å². The molecule has 0 aliphatic carbocycles. The second-order valence-corrected chi connectivity index (χ2v) is 5.07. The third kappa shape index (κ3) is 4.59. The third-order valence-electron chi connectivity index (χ3n) is 3.31. The second-order valence-electron chi connectivity index (χ2n) is 5.07. The highest BCUT2D eigenvalue weighted by Crippen LogP contribution is 2.16. The van der Waals surface area contributed by atoms with Crippen molar-refractivity contribution in [2.45, 2.75) is 26.8 Å². The summed E-state index contributed by atoms with van der Waals surface area (Å²) in [5, 5.41) is 0. The lowest BCUT2D eigenvalue weighted by molar-refractivity contribution is 0.0634. The minimum atomic E-state index is 0.0101. The van der Waals surface area contributed by atoms with E-state index in [9.17, 15) is 4.79 Å². The maximum absolute atomic E-state index is 12.7. The summed E-state index contributed by atoms with van der Waals surface area (Å²) >= 11 is 0. The number of nitrogens with two attached hydrogens (primary N) is 1. The van der Waals surface area contributed by atoms with Crippen LogP contribution in [-0.4, -0.2) is 43.7 Å². The number of methoxy groups -OCH3 is 1. The van der Waals surface area contributed by atoms with Gasteiger partial charge in [-0.05, 0) is 38.5 Å². The lowest BCUT2D eigenvalue weighted by Crippen LogP contribution is -2.39. The van der Waals surface area contributed by atoms with Gasteiger partial charge in [0.25, 0.3) is 5.91 Å². The summed E-state index contributed by atoms with van der Waals surface area (Å²) in [4.78, 5) is 14.5. The Balaban J connectivity index is 3.10. The Labute approximate surface area is 127 Å². The summed E-state index contributed by atoms with van der Waals surface area (Å²) in [6.07, 6.45) is 0. The molecule has 1 aromatic carbocycles. The van der Waals surface area contributed by atoms with Gasteiger partial charge in [-0.2, -0.15) is 0 Å². The van der Waals surface area contributed by atoms with E-state index < -0.39 is 0 Å². The highest BCUT2D eigenvalue weighted by Gasteiger charge is 2.20. The molecule has 0 unspecified atom stereocenters. The minimum absolute atomic E-state index is 0.0101. The zero-order chi connectivity index (χ0) is 15.8. The van der Waals surface area contributed by atoms with E-state index in [1.54, 1.807) is 7.11 Å². The Kier molecular flexibility index (Phi) is 6.93. The molecule has 114 valence electrons. The van der Waals surface area contributed by atoms with Crippen LogP contribution in [0.15, 0.2) is 18.2 Å². The first-order valence-electron chi connectivity index (χ1n) is 7.11. The van der Waals surface area contributed by atoms with E-state index in [1.807, 2.05) is 43.9 Å². The van der Waals surface area contributed by atoms with Crippen LogP contribution in [0.3, 0.4) is 0 Å². The molecule has 21 heavy (non-hydrogen) atoms. The smallest absolute Gasteiger partial charge is 0.254 e. The van der Waals surface area contributed by atoms with Crippen LogP contribution in [0.5, 0.6) is 0 Å². The maximum atomic E-state index is 12.7. The molecule has 0 radical (unpaired) electrons. The van der Waals surface area contributed by atoms with Gasteiger partial charge in [0.1, 0.15) is 0 Å². The van der Waals surface area contributed by atoms with Gasteiger partial charge in [-0.1, -0.05) is 17.9 Å². The molecule has 1 aromatic rings. The number of hydrogen-bond acceptors (Lipinski definition) is 3. The van der Waals surface area contributed by atoms with Gasteiger partial charge >= 0.3 is 0 Å². The Morgan fingerprint density at radius 3 is 2.71 bits per heavy atom. The van der Waals surface area contributed by atoms with Gasteiger partial charge in [0.05, 0.1) is 13.2 Å². The van der Waals surface area contributed by atoms with Crippen LogP contribution >= 0.6 is 0 Å². The SMILES string of the molecule is COCCN(C(=O)c1cccc(C#CCN)c1C)C(C)C. The van der Waals surface area contributed by atoms with Crippen LogP contribution in [0, 0.1) is 18.8 Å². The average Bonchev–Trinajstić information content (AvgIpc) is 2.46. The fourth-order valence-electron chi connectivity index (χ4n) is 2.09. The fourth-order valence-corrected chi connectivity index (χ4v) is 2.09. The molecule has 1 rings (SSSR count). The summed E-state index contributed by atoms with van der Waals surface area (Å²) < 4.78 is 5.09. The van der Waals surface area contributed by atoms with E-state index in [2.05, 4.69) is 11.8 Å². The van der Waals surface area contributed by atoms with Crippen molar-refractivity contribution in [3.63, 3.8) is 0 Å². The minimum Gasteiger partial charge on any atom is -0.383 e. The molecule has 0 fully saturated rings. The van der Waals surface area contributed by atoms with Crippen LogP contribution in [0.2, 0.25) is 0 Å². The van der Waals surface area contributed by atoms with Crippen LogP contribution in [-0.2, 0) is 4.74 Å². The van der Waals surface area contributed by atoms with E-state index in [0.717, 1.165) is 11.1 Å². The number of hydrogen-bond donors (Lipinski definition) is 1.